The second-order valence-corrected chi connectivity index (χ2v) is 7.66. The van der Waals surface area contributed by atoms with Gasteiger partial charge in [0.15, 0.2) is 0 Å². The molecule has 0 amide bonds. The van der Waals surface area contributed by atoms with E-state index in [1.807, 2.05) is 6.08 Å². The molecule has 0 aliphatic heterocycles. The van der Waals surface area contributed by atoms with Crippen molar-refractivity contribution in [3.63, 3.8) is 0 Å². The molecule has 0 bridgehead atoms. The van der Waals surface area contributed by atoms with Crippen molar-refractivity contribution in [1.29, 1.82) is 0 Å². The molecule has 23 heavy (non-hydrogen) atoms. The van der Waals surface area contributed by atoms with Gasteiger partial charge in [0.2, 0.25) is 0 Å². The Kier molecular flexibility index (Phi) is 5.86. The number of hydrogen-bond acceptors (Lipinski definition) is 1. The maximum absolute atomic E-state index is 11.3. The molecule has 1 aliphatic carbocycles. The number of aliphatic hydroxyl groups is 1. The highest BCUT2D eigenvalue weighted by atomic mass is 16.3. The SMILES string of the molecule is C=C[C@](C)(CCC=C(C)C)C1(O)CCC(c2ccccc2)CC1. The summed E-state index contributed by atoms with van der Waals surface area (Å²) < 4.78 is 0. The summed E-state index contributed by atoms with van der Waals surface area (Å²) in [5, 5.41) is 11.3. The third-order valence-electron chi connectivity index (χ3n) is 5.81. The van der Waals surface area contributed by atoms with Gasteiger partial charge >= 0.3 is 0 Å². The lowest BCUT2D eigenvalue weighted by Crippen LogP contribution is -2.47. The highest BCUT2D eigenvalue weighted by Crippen LogP contribution is 2.49. The molecule has 0 radical (unpaired) electrons. The van der Waals surface area contributed by atoms with Gasteiger partial charge < -0.3 is 5.11 Å². The lowest BCUT2D eigenvalue weighted by molar-refractivity contribution is -0.0848. The maximum Gasteiger partial charge on any atom is 0.0735 e. The number of hydrogen-bond donors (Lipinski definition) is 1. The van der Waals surface area contributed by atoms with E-state index in [1.54, 1.807) is 0 Å². The fourth-order valence-corrected chi connectivity index (χ4v) is 3.91. The Hall–Kier alpha value is -1.34. The number of allylic oxidation sites excluding steroid dienone is 2. The first-order valence-corrected chi connectivity index (χ1v) is 8.94. The fourth-order valence-electron chi connectivity index (χ4n) is 3.91. The summed E-state index contributed by atoms with van der Waals surface area (Å²) in [4.78, 5) is 0. The molecular weight excluding hydrogens is 280 g/mol. The molecule has 1 nitrogen and oxygen atoms in total. The smallest absolute Gasteiger partial charge is 0.0735 e. The van der Waals surface area contributed by atoms with Crippen molar-refractivity contribution >= 4 is 0 Å². The Bertz CT molecular complexity index is 530. The molecule has 1 aromatic rings. The van der Waals surface area contributed by atoms with Crippen LogP contribution in [0, 0.1) is 5.41 Å². The van der Waals surface area contributed by atoms with Crippen molar-refractivity contribution in [3.05, 3.63) is 60.2 Å². The topological polar surface area (TPSA) is 20.2 Å². The molecule has 1 heteroatoms. The van der Waals surface area contributed by atoms with Crippen LogP contribution in [0.25, 0.3) is 0 Å². The largest absolute Gasteiger partial charge is 0.389 e. The first-order valence-electron chi connectivity index (χ1n) is 8.94. The average Bonchev–Trinajstić information content (AvgIpc) is 2.55. The minimum atomic E-state index is -0.616. The van der Waals surface area contributed by atoms with E-state index in [9.17, 15) is 5.11 Å². The molecule has 0 unspecified atom stereocenters. The normalized spacial score (nSPS) is 27.0. The molecule has 1 N–H and O–H groups in total. The van der Waals surface area contributed by atoms with Crippen LogP contribution < -0.4 is 0 Å². The summed E-state index contributed by atoms with van der Waals surface area (Å²) in [5.74, 6) is 0.586. The molecule has 2 rings (SSSR count). The fraction of sp³-hybridized carbons (Fsp3) is 0.545. The highest BCUT2D eigenvalue weighted by molar-refractivity contribution is 5.21. The van der Waals surface area contributed by atoms with Crippen LogP contribution in [-0.4, -0.2) is 10.7 Å². The van der Waals surface area contributed by atoms with E-state index in [2.05, 4.69) is 63.8 Å². The second-order valence-electron chi connectivity index (χ2n) is 7.66. The monoisotopic (exact) mass is 312 g/mol. The van der Waals surface area contributed by atoms with E-state index in [4.69, 9.17) is 0 Å². The third kappa shape index (κ3) is 4.14. The van der Waals surface area contributed by atoms with E-state index in [0.29, 0.717) is 5.92 Å². The Labute approximate surface area is 142 Å². The number of rotatable bonds is 6. The summed E-state index contributed by atoms with van der Waals surface area (Å²) in [6, 6.07) is 10.7. The predicted molar refractivity (Wildman–Crippen MR) is 99.6 cm³/mol. The molecule has 1 fully saturated rings. The Morgan fingerprint density at radius 3 is 2.39 bits per heavy atom. The molecule has 0 heterocycles. The highest BCUT2D eigenvalue weighted by Gasteiger charge is 2.46. The van der Waals surface area contributed by atoms with Gasteiger partial charge in [-0.25, -0.2) is 0 Å². The first-order chi connectivity index (χ1) is 10.9. The average molecular weight is 312 g/mol. The summed E-state index contributed by atoms with van der Waals surface area (Å²) >= 11 is 0. The molecular formula is C22H32O. The summed E-state index contributed by atoms with van der Waals surface area (Å²) in [7, 11) is 0. The van der Waals surface area contributed by atoms with Crippen molar-refractivity contribution < 1.29 is 5.11 Å². The van der Waals surface area contributed by atoms with Gasteiger partial charge in [0.25, 0.3) is 0 Å². The second kappa shape index (κ2) is 7.49. The summed E-state index contributed by atoms with van der Waals surface area (Å²) in [6.45, 7) is 10.5. The quantitative estimate of drug-likeness (QED) is 0.637. The lowest BCUT2D eigenvalue weighted by atomic mass is 9.62. The van der Waals surface area contributed by atoms with Gasteiger partial charge in [0.1, 0.15) is 0 Å². The van der Waals surface area contributed by atoms with Crippen LogP contribution in [0.4, 0.5) is 0 Å². The van der Waals surface area contributed by atoms with Crippen molar-refractivity contribution in [2.45, 2.75) is 70.8 Å². The summed E-state index contributed by atoms with van der Waals surface area (Å²) in [6.07, 6.45) is 10.1. The Morgan fingerprint density at radius 1 is 1.26 bits per heavy atom. The zero-order chi connectivity index (χ0) is 16.9. The van der Waals surface area contributed by atoms with Gasteiger partial charge in [-0.1, -0.05) is 55.0 Å². The van der Waals surface area contributed by atoms with Gasteiger partial charge in [-0.05, 0) is 63.9 Å². The molecule has 1 aromatic carbocycles. The molecule has 1 aliphatic rings. The Morgan fingerprint density at radius 2 is 1.87 bits per heavy atom. The molecule has 1 saturated carbocycles. The van der Waals surface area contributed by atoms with E-state index in [-0.39, 0.29) is 5.41 Å². The van der Waals surface area contributed by atoms with Crippen LogP contribution in [-0.2, 0) is 0 Å². The molecule has 0 saturated heterocycles. The van der Waals surface area contributed by atoms with Crippen molar-refractivity contribution in [2.75, 3.05) is 0 Å². The van der Waals surface area contributed by atoms with Gasteiger partial charge in [-0.3, -0.25) is 0 Å². The standard InChI is InChI=1S/C22H32O/c1-5-21(4,15-9-10-18(2)3)22(23)16-13-20(14-17-22)19-11-7-6-8-12-19/h5-8,10-12,20,23H,1,9,13-17H2,2-4H3/t20?,21-,22?/m1/s1. The van der Waals surface area contributed by atoms with Crippen molar-refractivity contribution in [2.24, 2.45) is 5.41 Å². The summed E-state index contributed by atoms with van der Waals surface area (Å²) in [5.41, 5.74) is 1.94. The van der Waals surface area contributed by atoms with Crippen LogP contribution in [0.15, 0.2) is 54.6 Å². The van der Waals surface area contributed by atoms with E-state index < -0.39 is 5.60 Å². The first kappa shape index (κ1) is 18.0. The maximum atomic E-state index is 11.3. The van der Waals surface area contributed by atoms with Gasteiger partial charge in [0, 0.05) is 5.41 Å². The van der Waals surface area contributed by atoms with Crippen LogP contribution in [0.3, 0.4) is 0 Å². The van der Waals surface area contributed by atoms with E-state index >= 15 is 0 Å². The molecule has 0 aromatic heterocycles. The van der Waals surface area contributed by atoms with Crippen LogP contribution >= 0.6 is 0 Å². The predicted octanol–water partition coefficient (Wildman–Crippen LogP) is 6.01. The van der Waals surface area contributed by atoms with E-state index in [1.165, 1.54) is 11.1 Å². The molecule has 126 valence electrons. The van der Waals surface area contributed by atoms with Crippen molar-refractivity contribution in [1.82, 2.24) is 0 Å². The minimum absolute atomic E-state index is 0.208. The zero-order valence-electron chi connectivity index (χ0n) is 15.0. The zero-order valence-corrected chi connectivity index (χ0v) is 15.0. The number of benzene rings is 1. The Balaban J connectivity index is 2.04. The minimum Gasteiger partial charge on any atom is -0.389 e. The van der Waals surface area contributed by atoms with Crippen LogP contribution in [0.5, 0.6) is 0 Å². The molecule has 0 spiro atoms. The van der Waals surface area contributed by atoms with E-state index in [0.717, 1.165) is 38.5 Å². The van der Waals surface area contributed by atoms with Crippen molar-refractivity contribution in [3.8, 4) is 0 Å². The third-order valence-corrected chi connectivity index (χ3v) is 5.81. The van der Waals surface area contributed by atoms with Gasteiger partial charge in [0.05, 0.1) is 5.60 Å². The van der Waals surface area contributed by atoms with Crippen LogP contribution in [0.1, 0.15) is 70.8 Å². The molecule has 1 atom stereocenters. The van der Waals surface area contributed by atoms with Crippen LogP contribution in [0.2, 0.25) is 0 Å². The van der Waals surface area contributed by atoms with Gasteiger partial charge in [-0.2, -0.15) is 0 Å². The lowest BCUT2D eigenvalue weighted by Gasteiger charge is -2.47. The van der Waals surface area contributed by atoms with Gasteiger partial charge in [-0.15, -0.1) is 6.58 Å².